The quantitative estimate of drug-likeness (QED) is 0.500. The lowest BCUT2D eigenvalue weighted by atomic mass is 10.1. The zero-order valence-electron chi connectivity index (χ0n) is 16.8. The Balaban J connectivity index is 1.73. The van der Waals surface area contributed by atoms with E-state index < -0.39 is 0 Å². The largest absolute Gasteiger partial charge is 0.274 e. The highest BCUT2D eigenvalue weighted by atomic mass is 32.1. The lowest BCUT2D eigenvalue weighted by Crippen LogP contribution is -2.22. The van der Waals surface area contributed by atoms with Crippen molar-refractivity contribution in [1.29, 1.82) is 0 Å². The molecule has 0 spiro atoms. The number of anilines is 2. The highest BCUT2D eigenvalue weighted by molar-refractivity contribution is 7.14. The van der Waals surface area contributed by atoms with Crippen LogP contribution in [0.4, 0.5) is 10.8 Å². The lowest BCUT2D eigenvalue weighted by Gasteiger charge is -2.19. The van der Waals surface area contributed by atoms with Gasteiger partial charge in [0.25, 0.3) is 5.91 Å². The van der Waals surface area contributed by atoms with Gasteiger partial charge in [-0.05, 0) is 56.2 Å². The third-order valence-corrected chi connectivity index (χ3v) is 5.29. The second-order valence-electron chi connectivity index (χ2n) is 6.74. The molecule has 0 bridgehead atoms. The van der Waals surface area contributed by atoms with E-state index >= 15 is 0 Å². The fraction of sp³-hybridized carbons (Fsp3) is 0.182. The Hall–Kier alpha value is -3.32. The Labute approximate surface area is 173 Å². The van der Waals surface area contributed by atoms with Crippen LogP contribution >= 0.6 is 11.3 Å². The van der Waals surface area contributed by atoms with Crippen LogP contribution in [-0.2, 0) is 4.79 Å². The molecule has 29 heavy (non-hydrogen) atoms. The van der Waals surface area contributed by atoms with Gasteiger partial charge in [0, 0.05) is 17.9 Å². The van der Waals surface area contributed by atoms with Gasteiger partial charge in [-0.3, -0.25) is 14.5 Å². The molecule has 0 aliphatic rings. The van der Waals surface area contributed by atoms with E-state index in [1.807, 2.05) is 51.1 Å². The highest BCUT2D eigenvalue weighted by Crippen LogP contribution is 2.29. The van der Waals surface area contributed by atoms with Crippen molar-refractivity contribution < 1.29 is 9.59 Å². The predicted molar refractivity (Wildman–Crippen MR) is 117 cm³/mol. The Kier molecular flexibility index (Phi) is 6.19. The molecule has 148 valence electrons. The normalized spacial score (nSPS) is 10.9. The predicted octanol–water partition coefficient (Wildman–Crippen LogP) is 4.52. The summed E-state index contributed by atoms with van der Waals surface area (Å²) >= 11 is 1.34. The number of hydrogen-bond acceptors (Lipinski definition) is 5. The molecule has 0 saturated carbocycles. The number of carbonyl (C=O) groups is 2. The van der Waals surface area contributed by atoms with Gasteiger partial charge in [-0.2, -0.15) is 5.10 Å². The van der Waals surface area contributed by atoms with E-state index in [0.717, 1.165) is 22.4 Å². The van der Waals surface area contributed by atoms with Crippen molar-refractivity contribution >= 4 is 40.2 Å². The number of aromatic nitrogens is 1. The minimum absolute atomic E-state index is 0.126. The van der Waals surface area contributed by atoms with Gasteiger partial charge in [0.1, 0.15) is 0 Å². The summed E-state index contributed by atoms with van der Waals surface area (Å²) in [6.45, 7) is 7.50. The first kappa shape index (κ1) is 20.4. The van der Waals surface area contributed by atoms with Gasteiger partial charge in [-0.15, -0.1) is 11.3 Å². The fourth-order valence-electron chi connectivity index (χ4n) is 2.66. The second kappa shape index (κ2) is 8.79. The monoisotopic (exact) mass is 406 g/mol. The summed E-state index contributed by atoms with van der Waals surface area (Å²) < 4.78 is 0. The molecule has 6 nitrogen and oxygen atoms in total. The number of nitrogens with zero attached hydrogens (tertiary/aromatic N) is 3. The number of thiazole rings is 1. The van der Waals surface area contributed by atoms with E-state index in [1.165, 1.54) is 24.5 Å². The smallest absolute Gasteiger partial charge is 0.271 e. The van der Waals surface area contributed by atoms with E-state index in [4.69, 9.17) is 0 Å². The minimum Gasteiger partial charge on any atom is -0.274 e. The summed E-state index contributed by atoms with van der Waals surface area (Å²) in [5.41, 5.74) is 7.69. The Bertz CT molecular complexity index is 1070. The number of hydrazone groups is 1. The van der Waals surface area contributed by atoms with Gasteiger partial charge in [0.05, 0.1) is 17.6 Å². The van der Waals surface area contributed by atoms with Crippen LogP contribution in [0.5, 0.6) is 0 Å². The van der Waals surface area contributed by atoms with Gasteiger partial charge >= 0.3 is 0 Å². The maximum absolute atomic E-state index is 12.2. The van der Waals surface area contributed by atoms with Crippen LogP contribution in [0.2, 0.25) is 0 Å². The Morgan fingerprint density at radius 3 is 2.45 bits per heavy atom. The van der Waals surface area contributed by atoms with Crippen LogP contribution in [0.15, 0.2) is 52.9 Å². The number of carbonyl (C=O) groups excluding carboxylic acids is 2. The van der Waals surface area contributed by atoms with Crippen molar-refractivity contribution in [2.75, 3.05) is 4.90 Å². The first-order chi connectivity index (χ1) is 13.8. The fourth-order valence-corrected chi connectivity index (χ4v) is 3.49. The minimum atomic E-state index is -0.294. The van der Waals surface area contributed by atoms with Crippen LogP contribution < -0.4 is 10.3 Å². The highest BCUT2D eigenvalue weighted by Gasteiger charge is 2.18. The van der Waals surface area contributed by atoms with Gasteiger partial charge in [-0.1, -0.05) is 23.8 Å². The number of aryl methyl sites for hydroxylation is 3. The van der Waals surface area contributed by atoms with Gasteiger partial charge in [-0.25, -0.2) is 10.4 Å². The number of benzene rings is 2. The average molecular weight is 407 g/mol. The standard InChI is InChI=1S/C22H22N4O2S/c1-14-5-8-18(9-6-14)21(28)25-23-12-19-13-29-22(24-19)26(17(4)27)20-10-7-15(2)16(3)11-20/h5-13H,1-4H3,(H,25,28)/b23-12-. The molecule has 2 aromatic carbocycles. The molecule has 1 heterocycles. The first-order valence-corrected chi connectivity index (χ1v) is 9.96. The van der Waals surface area contributed by atoms with Crippen molar-refractivity contribution in [3.63, 3.8) is 0 Å². The van der Waals surface area contributed by atoms with E-state index in [9.17, 15) is 9.59 Å². The molecule has 0 aliphatic heterocycles. The molecule has 0 unspecified atom stereocenters. The summed E-state index contributed by atoms with van der Waals surface area (Å²) in [6.07, 6.45) is 1.46. The van der Waals surface area contributed by atoms with Crippen LogP contribution in [0.25, 0.3) is 0 Å². The Morgan fingerprint density at radius 1 is 1.07 bits per heavy atom. The Morgan fingerprint density at radius 2 is 1.79 bits per heavy atom. The molecular formula is C22H22N4O2S. The third-order valence-electron chi connectivity index (χ3n) is 4.44. The number of hydrogen-bond donors (Lipinski definition) is 1. The third kappa shape index (κ3) is 4.94. The van der Waals surface area contributed by atoms with Crippen LogP contribution in [0, 0.1) is 20.8 Å². The average Bonchev–Trinajstić information content (AvgIpc) is 3.13. The lowest BCUT2D eigenvalue weighted by molar-refractivity contribution is -0.115. The molecule has 0 radical (unpaired) electrons. The summed E-state index contributed by atoms with van der Waals surface area (Å²) in [5, 5.41) is 6.31. The van der Waals surface area contributed by atoms with E-state index in [-0.39, 0.29) is 11.8 Å². The zero-order valence-corrected chi connectivity index (χ0v) is 17.6. The molecule has 0 saturated heterocycles. The number of amides is 2. The molecular weight excluding hydrogens is 384 g/mol. The van der Waals surface area contributed by atoms with Crippen molar-refractivity contribution in [2.24, 2.45) is 5.10 Å². The molecule has 0 aliphatic carbocycles. The molecule has 3 aromatic rings. The van der Waals surface area contributed by atoms with Crippen molar-refractivity contribution in [3.05, 3.63) is 75.8 Å². The first-order valence-electron chi connectivity index (χ1n) is 9.08. The van der Waals surface area contributed by atoms with Crippen molar-refractivity contribution in [3.8, 4) is 0 Å². The molecule has 2 amide bonds. The summed E-state index contributed by atoms with van der Waals surface area (Å²) in [6, 6.07) is 13.1. The maximum Gasteiger partial charge on any atom is 0.271 e. The summed E-state index contributed by atoms with van der Waals surface area (Å²) in [7, 11) is 0. The summed E-state index contributed by atoms with van der Waals surface area (Å²) in [5.74, 6) is -0.420. The van der Waals surface area contributed by atoms with E-state index in [1.54, 1.807) is 22.4 Å². The van der Waals surface area contributed by atoms with Crippen molar-refractivity contribution in [2.45, 2.75) is 27.7 Å². The maximum atomic E-state index is 12.2. The molecule has 7 heteroatoms. The van der Waals surface area contributed by atoms with Gasteiger partial charge < -0.3 is 0 Å². The molecule has 1 N–H and O–H groups in total. The van der Waals surface area contributed by atoms with Crippen LogP contribution in [-0.4, -0.2) is 23.0 Å². The van der Waals surface area contributed by atoms with Crippen LogP contribution in [0.1, 0.15) is 39.7 Å². The molecule has 0 fully saturated rings. The SMILES string of the molecule is CC(=O)N(c1ccc(C)c(C)c1)c1nc(/C=N\NC(=O)c2ccc(C)cc2)cs1. The van der Waals surface area contributed by atoms with Gasteiger partial charge in [0.2, 0.25) is 5.91 Å². The second-order valence-corrected chi connectivity index (χ2v) is 7.58. The van der Waals surface area contributed by atoms with Crippen LogP contribution in [0.3, 0.4) is 0 Å². The van der Waals surface area contributed by atoms with Gasteiger partial charge in [0.15, 0.2) is 5.13 Å². The molecule has 0 atom stereocenters. The summed E-state index contributed by atoms with van der Waals surface area (Å²) in [4.78, 5) is 30.4. The molecule has 1 aromatic heterocycles. The number of nitrogens with one attached hydrogen (secondary N) is 1. The van der Waals surface area contributed by atoms with Crippen molar-refractivity contribution in [1.82, 2.24) is 10.4 Å². The van der Waals surface area contributed by atoms with E-state index in [2.05, 4.69) is 15.5 Å². The molecule has 3 rings (SSSR count). The zero-order chi connectivity index (χ0) is 21.0. The van der Waals surface area contributed by atoms with E-state index in [0.29, 0.717) is 16.4 Å². The number of rotatable bonds is 5. The topological polar surface area (TPSA) is 74.7 Å².